The summed E-state index contributed by atoms with van der Waals surface area (Å²) >= 11 is 0. The predicted octanol–water partition coefficient (Wildman–Crippen LogP) is 3.62. The molecule has 0 spiro atoms. The number of aromatic nitrogens is 1. The Labute approximate surface area is 114 Å². The number of hydrogen-bond acceptors (Lipinski definition) is 3. The number of benzene rings is 1. The molecular weight excluding hydrogens is 236 g/mol. The molecule has 0 radical (unpaired) electrons. The second-order valence-corrected chi connectivity index (χ2v) is 4.42. The molecule has 0 fully saturated rings. The zero-order valence-corrected chi connectivity index (χ0v) is 11.3. The smallest absolute Gasteiger partial charge is 0.131 e. The van der Waals surface area contributed by atoms with Crippen LogP contribution in [0.25, 0.3) is 0 Å². The second kappa shape index (κ2) is 7.54. The van der Waals surface area contributed by atoms with Crippen LogP contribution in [0.4, 0.5) is 5.82 Å². The molecule has 1 N–H and O–H groups in total. The third-order valence-electron chi connectivity index (χ3n) is 2.80. The van der Waals surface area contributed by atoms with Crippen LogP contribution >= 0.6 is 0 Å². The van der Waals surface area contributed by atoms with E-state index in [9.17, 15) is 0 Å². The minimum absolute atomic E-state index is 0.578. The number of anilines is 1. The maximum Gasteiger partial charge on any atom is 0.131 e. The fourth-order valence-electron chi connectivity index (χ4n) is 1.81. The van der Waals surface area contributed by atoms with Crippen molar-refractivity contribution in [1.82, 2.24) is 4.98 Å². The van der Waals surface area contributed by atoms with Crippen LogP contribution in [-0.4, -0.2) is 11.5 Å². The number of rotatable bonds is 7. The minimum atomic E-state index is 0.578. The quantitative estimate of drug-likeness (QED) is 0.821. The van der Waals surface area contributed by atoms with E-state index in [2.05, 4.69) is 35.4 Å². The molecule has 0 aliphatic carbocycles. The van der Waals surface area contributed by atoms with E-state index in [4.69, 9.17) is 4.74 Å². The van der Waals surface area contributed by atoms with Gasteiger partial charge in [-0.1, -0.05) is 43.3 Å². The number of nitrogens with zero attached hydrogens (tertiary/aromatic N) is 1. The van der Waals surface area contributed by atoms with Crippen molar-refractivity contribution in [2.75, 3.05) is 11.9 Å². The Kier molecular flexibility index (Phi) is 5.38. The zero-order chi connectivity index (χ0) is 13.3. The lowest BCUT2D eigenvalue weighted by atomic mass is 10.2. The van der Waals surface area contributed by atoms with Gasteiger partial charge in [-0.05, 0) is 18.1 Å². The first-order chi connectivity index (χ1) is 9.40. The molecule has 2 aromatic rings. The number of pyridine rings is 1. The SMILES string of the molecule is CCCNc1ncccc1COCc1ccccc1. The number of hydrogen-bond donors (Lipinski definition) is 1. The third-order valence-corrected chi connectivity index (χ3v) is 2.80. The lowest BCUT2D eigenvalue weighted by Crippen LogP contribution is -2.06. The molecule has 0 saturated heterocycles. The summed E-state index contributed by atoms with van der Waals surface area (Å²) < 4.78 is 5.75. The Hall–Kier alpha value is -1.87. The van der Waals surface area contributed by atoms with E-state index >= 15 is 0 Å². The fourth-order valence-corrected chi connectivity index (χ4v) is 1.81. The molecule has 0 aliphatic rings. The Morgan fingerprint density at radius 1 is 1.05 bits per heavy atom. The molecule has 0 bridgehead atoms. The van der Waals surface area contributed by atoms with Crippen LogP contribution in [0.1, 0.15) is 24.5 Å². The summed E-state index contributed by atoms with van der Waals surface area (Å²) in [4.78, 5) is 4.35. The van der Waals surface area contributed by atoms with Crippen molar-refractivity contribution in [3.8, 4) is 0 Å². The van der Waals surface area contributed by atoms with Gasteiger partial charge in [0.1, 0.15) is 5.82 Å². The van der Waals surface area contributed by atoms with Gasteiger partial charge in [-0.15, -0.1) is 0 Å². The molecule has 0 unspecified atom stereocenters. The molecule has 1 aromatic carbocycles. The van der Waals surface area contributed by atoms with Crippen molar-refractivity contribution in [2.45, 2.75) is 26.6 Å². The van der Waals surface area contributed by atoms with Gasteiger partial charge in [0.05, 0.1) is 13.2 Å². The summed E-state index contributed by atoms with van der Waals surface area (Å²) in [6, 6.07) is 14.2. The maximum absolute atomic E-state index is 5.75. The first kappa shape index (κ1) is 13.6. The molecule has 0 saturated carbocycles. The predicted molar refractivity (Wildman–Crippen MR) is 78.0 cm³/mol. The third kappa shape index (κ3) is 4.38. The highest BCUT2D eigenvalue weighted by Crippen LogP contribution is 2.13. The molecule has 0 aliphatic heterocycles. The summed E-state index contributed by atoms with van der Waals surface area (Å²) in [5.41, 5.74) is 2.29. The highest BCUT2D eigenvalue weighted by molar-refractivity contribution is 5.43. The van der Waals surface area contributed by atoms with E-state index in [0.29, 0.717) is 13.2 Å². The summed E-state index contributed by atoms with van der Waals surface area (Å²) in [5, 5.41) is 3.32. The van der Waals surface area contributed by atoms with Crippen molar-refractivity contribution in [3.05, 3.63) is 59.8 Å². The average Bonchev–Trinajstić information content (AvgIpc) is 2.47. The van der Waals surface area contributed by atoms with Crippen LogP contribution in [0.2, 0.25) is 0 Å². The molecule has 3 nitrogen and oxygen atoms in total. The van der Waals surface area contributed by atoms with Gasteiger partial charge in [0.15, 0.2) is 0 Å². The normalized spacial score (nSPS) is 10.4. The molecule has 1 heterocycles. The summed E-state index contributed by atoms with van der Waals surface area (Å²) in [6.07, 6.45) is 2.89. The molecule has 0 amide bonds. The Balaban J connectivity index is 1.88. The Bertz CT molecular complexity index is 485. The first-order valence-corrected chi connectivity index (χ1v) is 6.69. The van der Waals surface area contributed by atoms with Gasteiger partial charge < -0.3 is 10.1 Å². The molecule has 100 valence electrons. The van der Waals surface area contributed by atoms with Gasteiger partial charge in [0.2, 0.25) is 0 Å². The summed E-state index contributed by atoms with van der Waals surface area (Å²) in [6.45, 7) is 4.28. The van der Waals surface area contributed by atoms with Crippen molar-refractivity contribution >= 4 is 5.82 Å². The standard InChI is InChI=1S/C16H20N2O/c1-2-10-17-16-15(9-6-11-18-16)13-19-12-14-7-4-3-5-8-14/h3-9,11H,2,10,12-13H2,1H3,(H,17,18). The van der Waals surface area contributed by atoms with Crippen molar-refractivity contribution < 1.29 is 4.74 Å². The van der Waals surface area contributed by atoms with E-state index in [-0.39, 0.29) is 0 Å². The van der Waals surface area contributed by atoms with E-state index < -0.39 is 0 Å². The van der Waals surface area contributed by atoms with Gasteiger partial charge >= 0.3 is 0 Å². The number of nitrogens with one attached hydrogen (secondary N) is 1. The van der Waals surface area contributed by atoms with Gasteiger partial charge in [-0.25, -0.2) is 4.98 Å². The van der Waals surface area contributed by atoms with Gasteiger partial charge in [0.25, 0.3) is 0 Å². The molecule has 2 rings (SSSR count). The van der Waals surface area contributed by atoms with Gasteiger partial charge in [0, 0.05) is 18.3 Å². The van der Waals surface area contributed by atoms with Crippen LogP contribution in [0, 0.1) is 0 Å². The summed E-state index contributed by atoms with van der Waals surface area (Å²) in [5.74, 6) is 0.928. The van der Waals surface area contributed by atoms with Gasteiger partial charge in [-0.2, -0.15) is 0 Å². The van der Waals surface area contributed by atoms with Crippen molar-refractivity contribution in [2.24, 2.45) is 0 Å². The van der Waals surface area contributed by atoms with Crippen LogP contribution in [0.5, 0.6) is 0 Å². The lowest BCUT2D eigenvalue weighted by molar-refractivity contribution is 0.107. The largest absolute Gasteiger partial charge is 0.372 e. The highest BCUT2D eigenvalue weighted by Gasteiger charge is 2.02. The van der Waals surface area contributed by atoms with E-state index in [1.807, 2.05) is 24.3 Å². The maximum atomic E-state index is 5.75. The second-order valence-electron chi connectivity index (χ2n) is 4.42. The topological polar surface area (TPSA) is 34.2 Å². The minimum Gasteiger partial charge on any atom is -0.372 e. The van der Waals surface area contributed by atoms with Crippen LogP contribution < -0.4 is 5.32 Å². The fraction of sp³-hybridized carbons (Fsp3) is 0.312. The molecule has 0 atom stereocenters. The molecular formula is C16H20N2O. The van der Waals surface area contributed by atoms with Gasteiger partial charge in [-0.3, -0.25) is 0 Å². The van der Waals surface area contributed by atoms with Crippen molar-refractivity contribution in [3.63, 3.8) is 0 Å². The molecule has 19 heavy (non-hydrogen) atoms. The average molecular weight is 256 g/mol. The summed E-state index contributed by atoms with van der Waals surface area (Å²) in [7, 11) is 0. The monoisotopic (exact) mass is 256 g/mol. The Morgan fingerprint density at radius 3 is 2.68 bits per heavy atom. The number of ether oxygens (including phenoxy) is 1. The lowest BCUT2D eigenvalue weighted by Gasteiger charge is -2.10. The first-order valence-electron chi connectivity index (χ1n) is 6.69. The Morgan fingerprint density at radius 2 is 1.89 bits per heavy atom. The van der Waals surface area contributed by atoms with E-state index in [1.54, 1.807) is 6.20 Å². The molecule has 1 aromatic heterocycles. The molecule has 3 heteroatoms. The van der Waals surface area contributed by atoms with E-state index in [0.717, 1.165) is 24.3 Å². The van der Waals surface area contributed by atoms with E-state index in [1.165, 1.54) is 5.56 Å². The zero-order valence-electron chi connectivity index (χ0n) is 11.3. The van der Waals surface area contributed by atoms with Crippen LogP contribution in [-0.2, 0) is 18.0 Å². The van der Waals surface area contributed by atoms with Crippen molar-refractivity contribution in [1.29, 1.82) is 0 Å². The van der Waals surface area contributed by atoms with Crippen LogP contribution in [0.15, 0.2) is 48.7 Å². The highest BCUT2D eigenvalue weighted by atomic mass is 16.5. The van der Waals surface area contributed by atoms with Crippen LogP contribution in [0.3, 0.4) is 0 Å².